The van der Waals surface area contributed by atoms with Crippen molar-refractivity contribution < 1.29 is 14.5 Å². The van der Waals surface area contributed by atoms with Gasteiger partial charge in [-0.05, 0) is 18.2 Å². The molecule has 0 fully saturated rings. The first-order valence-corrected chi connectivity index (χ1v) is 9.29. The molecule has 1 amide bonds. The van der Waals surface area contributed by atoms with Gasteiger partial charge < -0.3 is 15.8 Å². The molecule has 0 radical (unpaired) electrons. The molecule has 10 nitrogen and oxygen atoms in total. The second kappa shape index (κ2) is 6.32. The van der Waals surface area contributed by atoms with E-state index in [-0.39, 0.29) is 34.2 Å². The Morgan fingerprint density at radius 1 is 1.26 bits per heavy atom. The molecule has 3 heterocycles. The number of nitro groups is 1. The lowest BCUT2D eigenvalue weighted by Crippen LogP contribution is -2.42. The van der Waals surface area contributed by atoms with Crippen LogP contribution in [0.3, 0.4) is 0 Å². The van der Waals surface area contributed by atoms with Crippen LogP contribution in [0.1, 0.15) is 11.1 Å². The van der Waals surface area contributed by atoms with E-state index in [0.29, 0.717) is 22.0 Å². The molecule has 2 aliphatic heterocycles. The molecule has 11 heteroatoms. The van der Waals surface area contributed by atoms with Gasteiger partial charge in [0.2, 0.25) is 17.7 Å². The molecule has 0 unspecified atom stereocenters. The molecule has 0 bridgehead atoms. The Kier molecular flexibility index (Phi) is 3.80. The molecule has 0 aliphatic carbocycles. The molecule has 2 aromatic carbocycles. The lowest BCUT2D eigenvalue weighted by atomic mass is 9.68. The van der Waals surface area contributed by atoms with Crippen molar-refractivity contribution in [3.63, 3.8) is 0 Å². The van der Waals surface area contributed by atoms with Crippen molar-refractivity contribution in [2.45, 2.75) is 5.41 Å². The summed E-state index contributed by atoms with van der Waals surface area (Å²) in [5.74, 6) is -0.904. The van der Waals surface area contributed by atoms with E-state index in [9.17, 15) is 20.2 Å². The molecule has 3 aromatic rings. The van der Waals surface area contributed by atoms with Gasteiger partial charge in [0.25, 0.3) is 5.69 Å². The highest BCUT2D eigenvalue weighted by molar-refractivity contribution is 6.30. The van der Waals surface area contributed by atoms with Crippen LogP contribution in [0, 0.1) is 21.4 Å². The van der Waals surface area contributed by atoms with Crippen LogP contribution >= 0.6 is 11.6 Å². The summed E-state index contributed by atoms with van der Waals surface area (Å²) in [5.41, 5.74) is 5.57. The highest BCUT2D eigenvalue weighted by Gasteiger charge is 2.59. The van der Waals surface area contributed by atoms with E-state index in [1.165, 1.54) is 18.2 Å². The summed E-state index contributed by atoms with van der Waals surface area (Å²) in [5, 5.41) is 31.6. The van der Waals surface area contributed by atoms with Crippen LogP contribution in [-0.2, 0) is 10.2 Å². The van der Waals surface area contributed by atoms with Crippen molar-refractivity contribution in [1.82, 2.24) is 10.2 Å². The number of hydrogen-bond acceptors (Lipinski definition) is 7. The van der Waals surface area contributed by atoms with E-state index in [2.05, 4.69) is 15.5 Å². The summed E-state index contributed by atoms with van der Waals surface area (Å²) in [6.07, 6.45) is 0. The number of fused-ring (bicyclic) bond motifs is 4. The first-order chi connectivity index (χ1) is 14.9. The summed E-state index contributed by atoms with van der Waals surface area (Å²) in [4.78, 5) is 24.3. The minimum Gasteiger partial charge on any atom is -0.420 e. The fraction of sp³-hybridized carbons (Fsp3) is 0.0500. The van der Waals surface area contributed by atoms with Gasteiger partial charge in [-0.2, -0.15) is 5.26 Å². The topological polar surface area (TPSA) is 160 Å². The second-order valence-electron chi connectivity index (χ2n) is 6.93. The smallest absolute Gasteiger partial charge is 0.269 e. The van der Waals surface area contributed by atoms with E-state index in [0.717, 1.165) is 0 Å². The van der Waals surface area contributed by atoms with Crippen LogP contribution in [0.2, 0.25) is 5.02 Å². The van der Waals surface area contributed by atoms with Crippen LogP contribution in [0.5, 0.6) is 5.88 Å². The van der Waals surface area contributed by atoms with E-state index in [1.54, 1.807) is 24.3 Å². The third kappa shape index (κ3) is 2.38. The fourth-order valence-electron chi connectivity index (χ4n) is 4.08. The molecule has 152 valence electrons. The SMILES string of the molecule is N#CC1=C(N)Oc2n[nH]c(-c3ccc(Cl)cc3)c2[C@@]12C(=O)Nc1ccc([N+](=O)[O-])cc12. The quantitative estimate of drug-likeness (QED) is 0.412. The number of aromatic nitrogens is 2. The van der Waals surface area contributed by atoms with Gasteiger partial charge in [0.05, 0.1) is 16.2 Å². The number of nitriles is 1. The van der Waals surface area contributed by atoms with Crippen LogP contribution < -0.4 is 15.8 Å². The maximum Gasteiger partial charge on any atom is 0.269 e. The van der Waals surface area contributed by atoms with Crippen molar-refractivity contribution in [2.75, 3.05) is 5.32 Å². The minimum absolute atomic E-state index is 0.00374. The standard InChI is InChI=1S/C20H11ClN6O4/c21-10-3-1-9(2-4-10)16-15-18(26-25-16)31-17(23)13(8-22)20(15)12-7-11(27(29)30)5-6-14(12)24-19(20)28/h1-7H,23H2,(H,24,28)(H,25,26)/t20-/m0/s1. The van der Waals surface area contributed by atoms with Crippen molar-refractivity contribution in [3.8, 4) is 23.2 Å². The average molecular weight is 435 g/mol. The number of anilines is 1. The highest BCUT2D eigenvalue weighted by Crippen LogP contribution is 2.55. The molecular formula is C20H11ClN6O4. The monoisotopic (exact) mass is 434 g/mol. The Bertz CT molecular complexity index is 1370. The zero-order valence-electron chi connectivity index (χ0n) is 15.5. The molecule has 5 rings (SSSR count). The molecule has 1 spiro atoms. The number of rotatable bonds is 2. The largest absolute Gasteiger partial charge is 0.420 e. The van der Waals surface area contributed by atoms with Gasteiger partial charge in [0, 0.05) is 34.0 Å². The van der Waals surface area contributed by atoms with Crippen molar-refractivity contribution in [1.29, 1.82) is 5.26 Å². The highest BCUT2D eigenvalue weighted by atomic mass is 35.5. The lowest BCUT2D eigenvalue weighted by Gasteiger charge is -2.31. The van der Waals surface area contributed by atoms with Crippen molar-refractivity contribution in [2.24, 2.45) is 5.73 Å². The number of nitrogens with one attached hydrogen (secondary N) is 2. The number of nitrogens with zero attached hydrogens (tertiary/aromatic N) is 3. The number of amides is 1. The normalized spacial score (nSPS) is 18.8. The van der Waals surface area contributed by atoms with Crippen molar-refractivity contribution >= 4 is 28.9 Å². The van der Waals surface area contributed by atoms with Crippen LogP contribution in [0.25, 0.3) is 11.3 Å². The van der Waals surface area contributed by atoms with Gasteiger partial charge in [-0.25, -0.2) is 0 Å². The zero-order valence-corrected chi connectivity index (χ0v) is 16.2. The number of nitro benzene ring substituents is 1. The van der Waals surface area contributed by atoms with Crippen molar-refractivity contribution in [3.05, 3.63) is 80.2 Å². The molecule has 2 aliphatic rings. The van der Waals surface area contributed by atoms with Gasteiger partial charge in [-0.3, -0.25) is 20.0 Å². The maximum absolute atomic E-state index is 13.5. The maximum atomic E-state index is 13.5. The summed E-state index contributed by atoms with van der Waals surface area (Å²) in [6, 6.07) is 12.6. The second-order valence-corrected chi connectivity index (χ2v) is 7.37. The summed E-state index contributed by atoms with van der Waals surface area (Å²) in [7, 11) is 0. The van der Waals surface area contributed by atoms with E-state index < -0.39 is 16.2 Å². The summed E-state index contributed by atoms with van der Waals surface area (Å²) >= 11 is 5.99. The van der Waals surface area contributed by atoms with Crippen LogP contribution in [0.4, 0.5) is 11.4 Å². The number of ether oxygens (including phenoxy) is 1. The van der Waals surface area contributed by atoms with E-state index in [1.807, 2.05) is 6.07 Å². The Hall–Kier alpha value is -4.36. The number of benzene rings is 2. The third-order valence-corrected chi connectivity index (χ3v) is 5.64. The first-order valence-electron chi connectivity index (χ1n) is 8.91. The predicted octanol–water partition coefficient (Wildman–Crippen LogP) is 2.96. The molecule has 1 atom stereocenters. The van der Waals surface area contributed by atoms with E-state index in [4.69, 9.17) is 22.1 Å². The number of H-pyrrole nitrogens is 1. The van der Waals surface area contributed by atoms with Gasteiger partial charge in [-0.15, -0.1) is 5.10 Å². The number of carbonyl (C=O) groups is 1. The number of halogens is 1. The van der Waals surface area contributed by atoms with Crippen LogP contribution in [0.15, 0.2) is 53.9 Å². The summed E-state index contributed by atoms with van der Waals surface area (Å²) < 4.78 is 5.54. The van der Waals surface area contributed by atoms with Gasteiger partial charge in [0.1, 0.15) is 17.1 Å². The van der Waals surface area contributed by atoms with Crippen LogP contribution in [-0.4, -0.2) is 21.0 Å². The molecule has 1 aromatic heterocycles. The fourth-order valence-corrected chi connectivity index (χ4v) is 4.20. The van der Waals surface area contributed by atoms with Gasteiger partial charge >= 0.3 is 0 Å². The Morgan fingerprint density at radius 2 is 2.00 bits per heavy atom. The number of carbonyl (C=O) groups excluding carboxylic acids is 1. The molecule has 0 saturated carbocycles. The number of aromatic amines is 1. The predicted molar refractivity (Wildman–Crippen MR) is 109 cm³/mol. The Morgan fingerprint density at radius 3 is 2.68 bits per heavy atom. The zero-order chi connectivity index (χ0) is 21.9. The molecule has 0 saturated heterocycles. The minimum atomic E-state index is -1.78. The first kappa shape index (κ1) is 18.7. The van der Waals surface area contributed by atoms with Gasteiger partial charge in [0.15, 0.2) is 0 Å². The Labute approximate surface area is 179 Å². The van der Waals surface area contributed by atoms with Gasteiger partial charge in [-0.1, -0.05) is 23.7 Å². The number of non-ortho nitro benzene ring substituents is 1. The average Bonchev–Trinajstić information content (AvgIpc) is 3.28. The lowest BCUT2D eigenvalue weighted by molar-refractivity contribution is -0.384. The third-order valence-electron chi connectivity index (χ3n) is 5.39. The summed E-state index contributed by atoms with van der Waals surface area (Å²) in [6.45, 7) is 0. The number of hydrogen-bond donors (Lipinski definition) is 3. The molecule has 4 N–H and O–H groups in total. The van der Waals surface area contributed by atoms with E-state index >= 15 is 0 Å². The molecular weight excluding hydrogens is 424 g/mol. The number of nitrogens with two attached hydrogens (primary N) is 1. The Balaban J connectivity index is 1.89. The molecule has 31 heavy (non-hydrogen) atoms.